The van der Waals surface area contributed by atoms with Crippen molar-refractivity contribution in [1.29, 1.82) is 5.26 Å². The first-order valence-corrected chi connectivity index (χ1v) is 8.26. The van der Waals surface area contributed by atoms with Crippen molar-refractivity contribution in [2.45, 2.75) is 26.2 Å². The lowest BCUT2D eigenvalue weighted by Gasteiger charge is -2.12. The fourth-order valence-corrected chi connectivity index (χ4v) is 2.81. The van der Waals surface area contributed by atoms with E-state index in [1.54, 1.807) is 24.4 Å². The summed E-state index contributed by atoms with van der Waals surface area (Å²) in [5, 5.41) is 12.0. The van der Waals surface area contributed by atoms with Gasteiger partial charge in [-0.15, -0.1) is 0 Å². The Morgan fingerprint density at radius 3 is 3.04 bits per heavy atom. The van der Waals surface area contributed by atoms with Crippen molar-refractivity contribution in [3.8, 4) is 17.7 Å². The molecular weight excluding hydrogens is 314 g/mol. The molecule has 1 aliphatic rings. The standard InChI is InChI=1S/C20H19N3O2/c1-14-11-17(25-20-16(13-21)7-4-10-22-20)8-9-18(14)23-19(24)12-15-5-2-3-6-15/h2,4-5,7-11,15H,3,6,12H2,1H3,(H,23,24). The van der Waals surface area contributed by atoms with Crippen molar-refractivity contribution in [1.82, 2.24) is 4.98 Å². The molecule has 1 aromatic heterocycles. The van der Waals surface area contributed by atoms with Crippen LogP contribution in [-0.4, -0.2) is 10.9 Å². The number of nitrogens with zero attached hydrogens (tertiary/aromatic N) is 2. The van der Waals surface area contributed by atoms with Crippen LogP contribution in [0.25, 0.3) is 0 Å². The number of aromatic nitrogens is 1. The fourth-order valence-electron chi connectivity index (χ4n) is 2.81. The van der Waals surface area contributed by atoms with Gasteiger partial charge in [0.15, 0.2) is 0 Å². The Morgan fingerprint density at radius 1 is 1.44 bits per heavy atom. The minimum atomic E-state index is 0.0183. The average Bonchev–Trinajstić information content (AvgIpc) is 3.10. The largest absolute Gasteiger partial charge is 0.438 e. The van der Waals surface area contributed by atoms with E-state index in [2.05, 4.69) is 28.5 Å². The van der Waals surface area contributed by atoms with Crippen LogP contribution in [0.3, 0.4) is 0 Å². The first kappa shape index (κ1) is 16.7. The fraction of sp³-hybridized carbons (Fsp3) is 0.250. The first-order valence-electron chi connectivity index (χ1n) is 8.26. The number of allylic oxidation sites excluding steroid dienone is 2. The highest BCUT2D eigenvalue weighted by Crippen LogP contribution is 2.27. The molecule has 1 unspecified atom stereocenters. The van der Waals surface area contributed by atoms with Gasteiger partial charge in [0.2, 0.25) is 11.8 Å². The van der Waals surface area contributed by atoms with Crippen LogP contribution in [0.15, 0.2) is 48.7 Å². The molecule has 1 atom stereocenters. The molecular formula is C20H19N3O2. The number of nitriles is 1. The highest BCUT2D eigenvalue weighted by molar-refractivity contribution is 5.91. The molecule has 1 aliphatic carbocycles. The highest BCUT2D eigenvalue weighted by Gasteiger charge is 2.15. The molecule has 0 saturated carbocycles. The molecule has 5 heteroatoms. The molecule has 0 fully saturated rings. The Kier molecular flexibility index (Phi) is 5.10. The summed E-state index contributed by atoms with van der Waals surface area (Å²) in [4.78, 5) is 16.2. The van der Waals surface area contributed by atoms with Crippen LogP contribution >= 0.6 is 0 Å². The lowest BCUT2D eigenvalue weighted by atomic mass is 10.0. The van der Waals surface area contributed by atoms with Crippen LogP contribution in [0.5, 0.6) is 11.6 Å². The second-order valence-corrected chi connectivity index (χ2v) is 6.06. The van der Waals surface area contributed by atoms with Crippen LogP contribution in [0.1, 0.15) is 30.4 Å². The van der Waals surface area contributed by atoms with E-state index in [9.17, 15) is 4.79 Å². The number of pyridine rings is 1. The Labute approximate surface area is 147 Å². The van der Waals surface area contributed by atoms with Crippen molar-refractivity contribution >= 4 is 11.6 Å². The molecule has 5 nitrogen and oxygen atoms in total. The van der Waals surface area contributed by atoms with Gasteiger partial charge in [0, 0.05) is 18.3 Å². The maximum absolute atomic E-state index is 12.2. The van der Waals surface area contributed by atoms with Crippen molar-refractivity contribution < 1.29 is 9.53 Å². The monoisotopic (exact) mass is 333 g/mol. The van der Waals surface area contributed by atoms with Crippen LogP contribution in [-0.2, 0) is 4.79 Å². The summed E-state index contributed by atoms with van der Waals surface area (Å²) in [5.74, 6) is 1.21. The van der Waals surface area contributed by atoms with Crippen LogP contribution < -0.4 is 10.1 Å². The summed E-state index contributed by atoms with van der Waals surface area (Å²) in [5.41, 5.74) is 2.03. The number of hydrogen-bond acceptors (Lipinski definition) is 4. The van der Waals surface area contributed by atoms with Crippen molar-refractivity contribution in [2.24, 2.45) is 5.92 Å². The van der Waals surface area contributed by atoms with E-state index in [0.717, 1.165) is 24.1 Å². The smallest absolute Gasteiger partial charge is 0.237 e. The first-order chi connectivity index (χ1) is 12.2. The minimum Gasteiger partial charge on any atom is -0.438 e. The van der Waals surface area contributed by atoms with E-state index in [1.165, 1.54) is 0 Å². The second-order valence-electron chi connectivity index (χ2n) is 6.06. The molecule has 0 aliphatic heterocycles. The lowest BCUT2D eigenvalue weighted by Crippen LogP contribution is -2.15. The minimum absolute atomic E-state index is 0.0183. The predicted molar refractivity (Wildman–Crippen MR) is 95.3 cm³/mol. The number of ether oxygens (including phenoxy) is 1. The Hall–Kier alpha value is -3.13. The Morgan fingerprint density at radius 2 is 2.32 bits per heavy atom. The molecule has 2 aromatic rings. The summed E-state index contributed by atoms with van der Waals surface area (Å²) in [6.45, 7) is 1.90. The molecule has 1 aromatic carbocycles. The summed E-state index contributed by atoms with van der Waals surface area (Å²) in [6.07, 6.45) is 8.43. The van der Waals surface area contributed by atoms with Gasteiger partial charge in [0.05, 0.1) is 0 Å². The molecule has 3 rings (SSSR count). The van der Waals surface area contributed by atoms with Crippen molar-refractivity contribution in [3.05, 3.63) is 59.8 Å². The zero-order chi connectivity index (χ0) is 17.6. The lowest BCUT2D eigenvalue weighted by molar-refractivity contribution is -0.116. The highest BCUT2D eigenvalue weighted by atomic mass is 16.5. The quantitative estimate of drug-likeness (QED) is 0.826. The van der Waals surface area contributed by atoms with Gasteiger partial charge in [-0.2, -0.15) is 5.26 Å². The van der Waals surface area contributed by atoms with Crippen molar-refractivity contribution in [3.63, 3.8) is 0 Å². The molecule has 0 radical (unpaired) electrons. The Bertz CT molecular complexity index is 852. The maximum Gasteiger partial charge on any atom is 0.237 e. The van der Waals surface area contributed by atoms with Gasteiger partial charge in [-0.1, -0.05) is 12.2 Å². The van der Waals surface area contributed by atoms with Gasteiger partial charge < -0.3 is 10.1 Å². The molecule has 1 amide bonds. The molecule has 1 heterocycles. The number of carbonyl (C=O) groups excluding carboxylic acids is 1. The number of nitrogens with one attached hydrogen (secondary N) is 1. The van der Waals surface area contributed by atoms with Crippen LogP contribution in [0, 0.1) is 24.2 Å². The molecule has 0 spiro atoms. The van der Waals surface area contributed by atoms with Gasteiger partial charge in [-0.25, -0.2) is 4.98 Å². The maximum atomic E-state index is 12.2. The van der Waals surface area contributed by atoms with Gasteiger partial charge in [-0.05, 0) is 61.6 Å². The van der Waals surface area contributed by atoms with E-state index in [1.807, 2.05) is 19.1 Å². The third-order valence-electron chi connectivity index (χ3n) is 4.14. The summed E-state index contributed by atoms with van der Waals surface area (Å²) in [7, 11) is 0. The number of carbonyl (C=O) groups is 1. The number of anilines is 1. The predicted octanol–water partition coefficient (Wildman–Crippen LogP) is 4.35. The molecule has 25 heavy (non-hydrogen) atoms. The van der Waals surface area contributed by atoms with Gasteiger partial charge in [0.25, 0.3) is 0 Å². The zero-order valence-corrected chi connectivity index (χ0v) is 14.0. The van der Waals surface area contributed by atoms with Crippen LogP contribution in [0.2, 0.25) is 0 Å². The van der Waals surface area contributed by atoms with Gasteiger partial charge >= 0.3 is 0 Å². The van der Waals surface area contributed by atoms with E-state index in [0.29, 0.717) is 23.7 Å². The van der Waals surface area contributed by atoms with Crippen molar-refractivity contribution in [2.75, 3.05) is 5.32 Å². The SMILES string of the molecule is Cc1cc(Oc2ncccc2C#N)ccc1NC(=O)CC1C=CCC1. The number of rotatable bonds is 5. The second kappa shape index (κ2) is 7.63. The molecule has 126 valence electrons. The normalized spacial score (nSPS) is 15.6. The van der Waals surface area contributed by atoms with E-state index in [4.69, 9.17) is 10.00 Å². The number of aryl methyl sites for hydroxylation is 1. The summed E-state index contributed by atoms with van der Waals surface area (Å²) in [6, 6.07) is 10.8. The average molecular weight is 333 g/mol. The third-order valence-corrected chi connectivity index (χ3v) is 4.14. The van der Waals surface area contributed by atoms with Crippen LogP contribution in [0.4, 0.5) is 5.69 Å². The van der Waals surface area contributed by atoms with Gasteiger partial charge in [0.1, 0.15) is 17.4 Å². The molecule has 1 N–H and O–H groups in total. The van der Waals surface area contributed by atoms with E-state index < -0.39 is 0 Å². The molecule has 0 saturated heterocycles. The number of hydrogen-bond donors (Lipinski definition) is 1. The van der Waals surface area contributed by atoms with Gasteiger partial charge in [-0.3, -0.25) is 4.79 Å². The summed E-state index contributed by atoms with van der Waals surface area (Å²) < 4.78 is 5.69. The topological polar surface area (TPSA) is 75.0 Å². The van der Waals surface area contributed by atoms with E-state index >= 15 is 0 Å². The van der Waals surface area contributed by atoms with E-state index in [-0.39, 0.29) is 11.8 Å². The zero-order valence-electron chi connectivity index (χ0n) is 14.0. The summed E-state index contributed by atoms with van der Waals surface area (Å²) >= 11 is 0. The number of amides is 1. The number of benzene rings is 1. The third kappa shape index (κ3) is 4.24. The molecule has 0 bridgehead atoms. The Balaban J connectivity index is 1.67.